The molecular weight excluding hydrogens is 583 g/mol. The number of aromatic hydroxyl groups is 1. The Morgan fingerprint density at radius 1 is 0.909 bits per heavy atom. The van der Waals surface area contributed by atoms with Gasteiger partial charge in [0.05, 0.1) is 39.6 Å². The van der Waals surface area contributed by atoms with Crippen LogP contribution in [0, 0.1) is 34.9 Å². The topological polar surface area (TPSA) is 95.0 Å². The number of anilines is 2. The molecule has 2 saturated heterocycles. The van der Waals surface area contributed by atoms with E-state index in [4.69, 9.17) is 11.6 Å². The molecule has 3 aromatic rings. The van der Waals surface area contributed by atoms with Crippen LogP contribution < -0.4 is 9.80 Å². The number of carbonyl (C=O) groups is 4. The highest BCUT2D eigenvalue weighted by atomic mass is 35.5. The van der Waals surface area contributed by atoms with Crippen LogP contribution in [0.15, 0.2) is 85.0 Å². The molecule has 6 atom stereocenters. The van der Waals surface area contributed by atoms with E-state index < -0.39 is 52.6 Å². The lowest BCUT2D eigenvalue weighted by molar-refractivity contribution is -0.131. The number of carbonyl (C=O) groups excluding carboxylic acids is 4. The zero-order valence-corrected chi connectivity index (χ0v) is 24.5. The van der Waals surface area contributed by atoms with E-state index in [9.17, 15) is 28.7 Å². The second-order valence-corrected chi connectivity index (χ2v) is 12.6. The molecule has 2 heterocycles. The van der Waals surface area contributed by atoms with Crippen LogP contribution >= 0.6 is 11.6 Å². The van der Waals surface area contributed by atoms with Crippen LogP contribution in [0.2, 0.25) is 5.02 Å². The average molecular weight is 611 g/mol. The van der Waals surface area contributed by atoms with E-state index >= 15 is 0 Å². The molecule has 9 heteroatoms. The summed E-state index contributed by atoms with van der Waals surface area (Å²) in [6.45, 7) is 5.52. The molecule has 4 aliphatic rings. The van der Waals surface area contributed by atoms with Gasteiger partial charge in [0.2, 0.25) is 23.6 Å². The smallest absolute Gasteiger partial charge is 0.241 e. The molecule has 4 amide bonds. The second-order valence-electron chi connectivity index (χ2n) is 12.2. The molecule has 7 nitrogen and oxygen atoms in total. The van der Waals surface area contributed by atoms with E-state index in [1.165, 1.54) is 29.2 Å². The van der Waals surface area contributed by atoms with Gasteiger partial charge in [0.25, 0.3) is 0 Å². The van der Waals surface area contributed by atoms with Crippen LogP contribution in [0.4, 0.5) is 15.8 Å². The van der Waals surface area contributed by atoms with Crippen LogP contribution in [0.1, 0.15) is 36.8 Å². The van der Waals surface area contributed by atoms with E-state index in [-0.39, 0.29) is 34.7 Å². The van der Waals surface area contributed by atoms with Gasteiger partial charge in [-0.2, -0.15) is 0 Å². The van der Waals surface area contributed by atoms with Crippen molar-refractivity contribution < 1.29 is 28.7 Å². The Labute approximate surface area is 258 Å². The van der Waals surface area contributed by atoms with Gasteiger partial charge in [-0.3, -0.25) is 24.1 Å². The Morgan fingerprint density at radius 2 is 1.59 bits per heavy atom. The highest BCUT2D eigenvalue weighted by Crippen LogP contribution is 2.63. The van der Waals surface area contributed by atoms with Crippen molar-refractivity contribution in [2.45, 2.75) is 25.7 Å². The molecule has 1 N–H and O–H groups in total. The SMILES string of the molecule is C=Cc1ccc(N2C(=O)[C@H]3[C@H](CC=C4[C@H]3C[C@H]3C(=O)N(c5ccc(F)c(Cl)c5)C(=O)[C@@]3(C)[C@H]4c3ccc(O)cc3)C2=O)cc1. The predicted octanol–water partition coefficient (Wildman–Crippen LogP) is 6.26. The summed E-state index contributed by atoms with van der Waals surface area (Å²) < 4.78 is 14.0. The van der Waals surface area contributed by atoms with Crippen molar-refractivity contribution in [3.05, 3.63) is 107 Å². The Kier molecular flexibility index (Phi) is 6.41. The number of phenols is 1. The summed E-state index contributed by atoms with van der Waals surface area (Å²) in [6.07, 6.45) is 4.15. The van der Waals surface area contributed by atoms with E-state index in [0.29, 0.717) is 17.7 Å². The fourth-order valence-corrected chi connectivity index (χ4v) is 8.12. The summed E-state index contributed by atoms with van der Waals surface area (Å²) in [7, 11) is 0. The first kappa shape index (κ1) is 28.2. The molecule has 2 aliphatic carbocycles. The number of hydrogen-bond donors (Lipinski definition) is 1. The van der Waals surface area contributed by atoms with Crippen molar-refractivity contribution in [1.82, 2.24) is 0 Å². The van der Waals surface area contributed by atoms with Crippen LogP contribution in [0.3, 0.4) is 0 Å². The molecule has 0 aromatic heterocycles. The monoisotopic (exact) mass is 610 g/mol. The number of rotatable bonds is 4. The molecule has 222 valence electrons. The third-order valence-electron chi connectivity index (χ3n) is 10.0. The Morgan fingerprint density at radius 3 is 2.25 bits per heavy atom. The first-order valence-corrected chi connectivity index (χ1v) is 14.9. The molecule has 1 saturated carbocycles. The summed E-state index contributed by atoms with van der Waals surface area (Å²) in [4.78, 5) is 58.7. The van der Waals surface area contributed by atoms with E-state index in [1.54, 1.807) is 49.4 Å². The number of imide groups is 2. The van der Waals surface area contributed by atoms with Crippen LogP contribution in [0.5, 0.6) is 5.75 Å². The van der Waals surface area contributed by atoms with Crippen LogP contribution in [0.25, 0.3) is 6.08 Å². The van der Waals surface area contributed by atoms with Gasteiger partial charge in [0, 0.05) is 5.92 Å². The highest BCUT2D eigenvalue weighted by molar-refractivity contribution is 6.32. The normalized spacial score (nSPS) is 29.3. The van der Waals surface area contributed by atoms with Gasteiger partial charge in [0.15, 0.2) is 0 Å². The molecular formula is C35H28ClFN2O5. The molecule has 2 aliphatic heterocycles. The third-order valence-corrected chi connectivity index (χ3v) is 10.3. The van der Waals surface area contributed by atoms with Gasteiger partial charge < -0.3 is 5.11 Å². The molecule has 0 bridgehead atoms. The number of halogens is 2. The maximum atomic E-state index is 14.4. The summed E-state index contributed by atoms with van der Waals surface area (Å²) >= 11 is 6.05. The van der Waals surface area contributed by atoms with Crippen LogP contribution in [-0.4, -0.2) is 28.7 Å². The van der Waals surface area contributed by atoms with Crippen molar-refractivity contribution in [3.63, 3.8) is 0 Å². The fourth-order valence-electron chi connectivity index (χ4n) is 7.95. The Balaban J connectivity index is 1.34. The van der Waals surface area contributed by atoms with Gasteiger partial charge in [-0.1, -0.05) is 60.2 Å². The number of phenolic OH excluding ortho intramolecular Hbond substituents is 1. The Hall–Kier alpha value is -4.56. The number of nitrogens with zero attached hydrogens (tertiary/aromatic N) is 2. The lowest BCUT2D eigenvalue weighted by Gasteiger charge is -2.49. The molecule has 44 heavy (non-hydrogen) atoms. The maximum absolute atomic E-state index is 14.4. The van der Waals surface area contributed by atoms with E-state index in [1.807, 2.05) is 6.08 Å². The summed E-state index contributed by atoms with van der Waals surface area (Å²) in [5, 5.41) is 9.84. The molecule has 7 rings (SSSR count). The Bertz CT molecular complexity index is 1800. The first-order valence-electron chi connectivity index (χ1n) is 14.5. The van der Waals surface area contributed by atoms with Crippen molar-refractivity contribution >= 4 is 52.7 Å². The number of amides is 4. The molecule has 3 aromatic carbocycles. The molecule has 0 spiro atoms. The zero-order chi connectivity index (χ0) is 31.1. The predicted molar refractivity (Wildman–Crippen MR) is 163 cm³/mol. The molecule has 0 radical (unpaired) electrons. The van der Waals surface area contributed by atoms with Crippen LogP contribution in [-0.2, 0) is 19.2 Å². The minimum absolute atomic E-state index is 0.0478. The lowest BCUT2D eigenvalue weighted by Crippen LogP contribution is -2.48. The second kappa shape index (κ2) is 9.99. The zero-order valence-electron chi connectivity index (χ0n) is 23.7. The van der Waals surface area contributed by atoms with Crippen molar-refractivity contribution in [3.8, 4) is 5.75 Å². The highest BCUT2D eigenvalue weighted by Gasteiger charge is 2.67. The quantitative estimate of drug-likeness (QED) is 0.278. The third kappa shape index (κ3) is 3.86. The minimum atomic E-state index is -1.25. The van der Waals surface area contributed by atoms with Gasteiger partial charge >= 0.3 is 0 Å². The fraction of sp³-hybridized carbons (Fsp3) is 0.257. The lowest BCUT2D eigenvalue weighted by atomic mass is 9.51. The number of hydrogen-bond acceptors (Lipinski definition) is 5. The number of fused-ring (bicyclic) bond motifs is 4. The van der Waals surface area contributed by atoms with Gasteiger partial charge in [-0.15, -0.1) is 0 Å². The largest absolute Gasteiger partial charge is 0.508 e. The maximum Gasteiger partial charge on any atom is 0.241 e. The molecule has 3 fully saturated rings. The molecule has 0 unspecified atom stereocenters. The van der Waals surface area contributed by atoms with E-state index in [2.05, 4.69) is 6.58 Å². The summed E-state index contributed by atoms with van der Waals surface area (Å²) in [5.74, 6) is -5.37. The van der Waals surface area contributed by atoms with Crippen molar-refractivity contribution in [2.75, 3.05) is 9.80 Å². The summed E-state index contributed by atoms with van der Waals surface area (Å²) in [6, 6.07) is 17.3. The minimum Gasteiger partial charge on any atom is -0.508 e. The summed E-state index contributed by atoms with van der Waals surface area (Å²) in [5.41, 5.74) is 1.79. The van der Waals surface area contributed by atoms with Gasteiger partial charge in [0.1, 0.15) is 11.6 Å². The number of allylic oxidation sites excluding steroid dienone is 2. The van der Waals surface area contributed by atoms with Gasteiger partial charge in [-0.05, 0) is 79.3 Å². The van der Waals surface area contributed by atoms with Gasteiger partial charge in [-0.25, -0.2) is 9.29 Å². The first-order chi connectivity index (χ1) is 21.1. The standard InChI is InChI=1S/C35H28ClFN2O5/c1-3-18-4-8-20(9-5-18)38-31(41)24-14-13-23-25(29(24)33(38)43)17-26-32(42)39(21-10-15-28(37)27(36)16-21)34(44)35(26,2)30(23)19-6-11-22(40)12-7-19/h3-13,15-16,24-26,29-30,40H,1,14,17H2,2H3/t24-,25+,26-,29-,30-,35+/m0/s1. The van der Waals surface area contributed by atoms with E-state index in [0.717, 1.165) is 22.1 Å². The van der Waals surface area contributed by atoms with Crippen molar-refractivity contribution in [2.24, 2.45) is 29.1 Å². The average Bonchev–Trinajstić information content (AvgIpc) is 3.39. The number of benzene rings is 3. The van der Waals surface area contributed by atoms with Crippen molar-refractivity contribution in [1.29, 1.82) is 0 Å².